The molecule has 1 atom stereocenters. The fourth-order valence-corrected chi connectivity index (χ4v) is 3.26. The van der Waals surface area contributed by atoms with E-state index in [1.807, 2.05) is 12.4 Å². The zero-order valence-electron chi connectivity index (χ0n) is 12.6. The minimum atomic E-state index is 0.346. The molecule has 0 radical (unpaired) electrons. The highest BCUT2D eigenvalue weighted by molar-refractivity contribution is 7.98. The zero-order chi connectivity index (χ0) is 14.7. The number of piperazine rings is 1. The van der Waals surface area contributed by atoms with Crippen LogP contribution in [0.1, 0.15) is 17.4 Å². The SMILES string of the molecule is CSc1ccc(CN2CCNCC2c2nccn2C)cc1. The van der Waals surface area contributed by atoms with Gasteiger partial charge in [0.25, 0.3) is 0 Å². The first-order valence-electron chi connectivity index (χ1n) is 7.33. The summed E-state index contributed by atoms with van der Waals surface area (Å²) in [6.07, 6.45) is 6.02. The van der Waals surface area contributed by atoms with Crippen LogP contribution in [0.4, 0.5) is 0 Å². The standard InChI is InChI=1S/C16H22N4S/c1-19-9-8-18-16(19)15-11-17-7-10-20(15)12-13-3-5-14(21-2)6-4-13/h3-6,8-9,15,17H,7,10-12H2,1-2H3. The van der Waals surface area contributed by atoms with Gasteiger partial charge < -0.3 is 9.88 Å². The molecule has 2 aromatic rings. The second kappa shape index (κ2) is 6.64. The maximum Gasteiger partial charge on any atom is 0.127 e. The van der Waals surface area contributed by atoms with E-state index in [9.17, 15) is 0 Å². The Morgan fingerprint density at radius 1 is 1.33 bits per heavy atom. The van der Waals surface area contributed by atoms with Crippen LogP contribution in [0.15, 0.2) is 41.6 Å². The average Bonchev–Trinajstić information content (AvgIpc) is 2.95. The molecule has 2 heterocycles. The summed E-state index contributed by atoms with van der Waals surface area (Å²) in [4.78, 5) is 8.38. The van der Waals surface area contributed by atoms with Crippen molar-refractivity contribution < 1.29 is 0 Å². The van der Waals surface area contributed by atoms with E-state index in [1.54, 1.807) is 11.8 Å². The van der Waals surface area contributed by atoms with Gasteiger partial charge in [-0.05, 0) is 24.0 Å². The van der Waals surface area contributed by atoms with Gasteiger partial charge in [-0.2, -0.15) is 0 Å². The molecule has 1 fully saturated rings. The Kier molecular flexibility index (Phi) is 4.63. The summed E-state index contributed by atoms with van der Waals surface area (Å²) in [5, 5.41) is 3.49. The van der Waals surface area contributed by atoms with Crippen LogP contribution in [0, 0.1) is 0 Å². The summed E-state index contributed by atoms with van der Waals surface area (Å²) >= 11 is 1.79. The van der Waals surface area contributed by atoms with Crippen LogP contribution in [0.2, 0.25) is 0 Å². The first kappa shape index (κ1) is 14.6. The number of hydrogen-bond acceptors (Lipinski definition) is 4. The predicted molar refractivity (Wildman–Crippen MR) is 87.5 cm³/mol. The molecule has 0 saturated carbocycles. The van der Waals surface area contributed by atoms with E-state index in [-0.39, 0.29) is 0 Å². The van der Waals surface area contributed by atoms with E-state index in [0.29, 0.717) is 6.04 Å². The van der Waals surface area contributed by atoms with Gasteiger partial charge in [0, 0.05) is 50.5 Å². The molecule has 1 aromatic heterocycles. The van der Waals surface area contributed by atoms with E-state index in [0.717, 1.165) is 32.0 Å². The van der Waals surface area contributed by atoms with Crippen molar-refractivity contribution in [2.75, 3.05) is 25.9 Å². The van der Waals surface area contributed by atoms with Crippen molar-refractivity contribution >= 4 is 11.8 Å². The maximum atomic E-state index is 4.54. The molecular formula is C16H22N4S. The number of aryl methyl sites for hydroxylation is 1. The fourth-order valence-electron chi connectivity index (χ4n) is 2.85. The maximum absolute atomic E-state index is 4.54. The van der Waals surface area contributed by atoms with Crippen LogP contribution < -0.4 is 5.32 Å². The third-order valence-electron chi connectivity index (χ3n) is 4.06. The number of nitrogens with one attached hydrogen (secondary N) is 1. The molecule has 112 valence electrons. The van der Waals surface area contributed by atoms with Gasteiger partial charge in [-0.1, -0.05) is 12.1 Å². The highest BCUT2D eigenvalue weighted by Gasteiger charge is 2.26. The monoisotopic (exact) mass is 302 g/mol. The van der Waals surface area contributed by atoms with E-state index in [2.05, 4.69) is 57.3 Å². The first-order valence-corrected chi connectivity index (χ1v) is 8.55. The number of hydrogen-bond donors (Lipinski definition) is 1. The molecule has 1 aliphatic rings. The average molecular weight is 302 g/mol. The molecule has 1 unspecified atom stereocenters. The third kappa shape index (κ3) is 3.31. The number of aromatic nitrogens is 2. The topological polar surface area (TPSA) is 33.1 Å². The van der Waals surface area contributed by atoms with Crippen LogP contribution >= 0.6 is 11.8 Å². The van der Waals surface area contributed by atoms with Gasteiger partial charge in [-0.25, -0.2) is 4.98 Å². The molecule has 3 rings (SSSR count). The molecule has 1 N–H and O–H groups in total. The van der Waals surface area contributed by atoms with Gasteiger partial charge in [0.05, 0.1) is 6.04 Å². The lowest BCUT2D eigenvalue weighted by molar-refractivity contribution is 0.144. The lowest BCUT2D eigenvalue weighted by Crippen LogP contribution is -2.46. The minimum absolute atomic E-state index is 0.346. The van der Waals surface area contributed by atoms with Crippen molar-refractivity contribution in [2.45, 2.75) is 17.5 Å². The molecule has 1 aromatic carbocycles. The zero-order valence-corrected chi connectivity index (χ0v) is 13.4. The molecule has 21 heavy (non-hydrogen) atoms. The van der Waals surface area contributed by atoms with Gasteiger partial charge >= 0.3 is 0 Å². The summed E-state index contributed by atoms with van der Waals surface area (Å²) in [5.74, 6) is 1.14. The van der Waals surface area contributed by atoms with Crippen molar-refractivity contribution in [3.05, 3.63) is 48.0 Å². The summed E-state index contributed by atoms with van der Waals surface area (Å²) in [5.41, 5.74) is 1.37. The normalized spacial score (nSPS) is 19.8. The van der Waals surface area contributed by atoms with Gasteiger partial charge in [0.2, 0.25) is 0 Å². The molecule has 0 spiro atoms. The van der Waals surface area contributed by atoms with Crippen LogP contribution in [0.25, 0.3) is 0 Å². The summed E-state index contributed by atoms with van der Waals surface area (Å²) in [6.45, 7) is 4.05. The van der Waals surface area contributed by atoms with Crippen LogP contribution in [-0.2, 0) is 13.6 Å². The Bertz CT molecular complexity index is 578. The number of nitrogens with zero attached hydrogens (tertiary/aromatic N) is 3. The van der Waals surface area contributed by atoms with Gasteiger partial charge in [0.15, 0.2) is 0 Å². The molecule has 1 aliphatic heterocycles. The van der Waals surface area contributed by atoms with E-state index in [4.69, 9.17) is 0 Å². The number of imidazole rings is 1. The van der Waals surface area contributed by atoms with Gasteiger partial charge in [-0.3, -0.25) is 4.90 Å². The Hall–Kier alpha value is -1.30. The first-order chi connectivity index (χ1) is 10.3. The van der Waals surface area contributed by atoms with Crippen molar-refractivity contribution in [1.82, 2.24) is 19.8 Å². The van der Waals surface area contributed by atoms with Crippen molar-refractivity contribution in [3.63, 3.8) is 0 Å². The molecule has 4 nitrogen and oxygen atoms in total. The van der Waals surface area contributed by atoms with Gasteiger partial charge in [-0.15, -0.1) is 11.8 Å². The van der Waals surface area contributed by atoms with Crippen molar-refractivity contribution in [1.29, 1.82) is 0 Å². The predicted octanol–water partition coefficient (Wildman–Crippen LogP) is 2.29. The number of rotatable bonds is 4. The van der Waals surface area contributed by atoms with E-state index in [1.165, 1.54) is 10.5 Å². The Morgan fingerprint density at radius 3 is 2.81 bits per heavy atom. The van der Waals surface area contributed by atoms with Crippen LogP contribution in [0.5, 0.6) is 0 Å². The number of benzene rings is 1. The highest BCUT2D eigenvalue weighted by Crippen LogP contribution is 2.23. The lowest BCUT2D eigenvalue weighted by Gasteiger charge is -2.35. The quantitative estimate of drug-likeness (QED) is 0.879. The Morgan fingerprint density at radius 2 is 2.14 bits per heavy atom. The van der Waals surface area contributed by atoms with E-state index >= 15 is 0 Å². The second-order valence-electron chi connectivity index (χ2n) is 5.43. The largest absolute Gasteiger partial charge is 0.337 e. The number of thioether (sulfide) groups is 1. The fraction of sp³-hybridized carbons (Fsp3) is 0.438. The molecular weight excluding hydrogens is 280 g/mol. The molecule has 5 heteroatoms. The molecule has 0 aliphatic carbocycles. The highest BCUT2D eigenvalue weighted by atomic mass is 32.2. The van der Waals surface area contributed by atoms with Crippen molar-refractivity contribution in [2.24, 2.45) is 7.05 Å². The molecule has 1 saturated heterocycles. The molecule has 0 amide bonds. The Labute approximate surface area is 130 Å². The lowest BCUT2D eigenvalue weighted by atomic mass is 10.1. The third-order valence-corrected chi connectivity index (χ3v) is 4.80. The van der Waals surface area contributed by atoms with Crippen LogP contribution in [-0.4, -0.2) is 40.3 Å². The molecule has 0 bridgehead atoms. The Balaban J connectivity index is 1.76. The van der Waals surface area contributed by atoms with Gasteiger partial charge in [0.1, 0.15) is 5.82 Å². The minimum Gasteiger partial charge on any atom is -0.337 e. The summed E-state index contributed by atoms with van der Waals surface area (Å²) in [7, 11) is 2.07. The van der Waals surface area contributed by atoms with E-state index < -0.39 is 0 Å². The summed E-state index contributed by atoms with van der Waals surface area (Å²) < 4.78 is 2.13. The summed E-state index contributed by atoms with van der Waals surface area (Å²) in [6, 6.07) is 9.24. The van der Waals surface area contributed by atoms with Crippen LogP contribution in [0.3, 0.4) is 0 Å². The smallest absolute Gasteiger partial charge is 0.127 e. The second-order valence-corrected chi connectivity index (χ2v) is 6.31. The van der Waals surface area contributed by atoms with Crippen molar-refractivity contribution in [3.8, 4) is 0 Å².